The van der Waals surface area contributed by atoms with Crippen LogP contribution in [0.15, 0.2) is 6.07 Å². The molecule has 2 rings (SSSR count). The summed E-state index contributed by atoms with van der Waals surface area (Å²) in [7, 11) is 0. The Hall–Kier alpha value is -1.20. The van der Waals surface area contributed by atoms with Gasteiger partial charge in [-0.15, -0.1) is 0 Å². The highest BCUT2D eigenvalue weighted by Crippen LogP contribution is 2.25. The van der Waals surface area contributed by atoms with Crippen LogP contribution in [0.2, 0.25) is 5.15 Å². The van der Waals surface area contributed by atoms with Crippen molar-refractivity contribution in [1.29, 1.82) is 0 Å². The summed E-state index contributed by atoms with van der Waals surface area (Å²) in [5.74, 6) is 0. The Morgan fingerprint density at radius 1 is 1.47 bits per heavy atom. The van der Waals surface area contributed by atoms with Gasteiger partial charge in [-0.25, -0.2) is 9.67 Å². The van der Waals surface area contributed by atoms with Crippen molar-refractivity contribution in [3.63, 3.8) is 0 Å². The van der Waals surface area contributed by atoms with E-state index in [4.69, 9.17) is 11.6 Å². The van der Waals surface area contributed by atoms with Gasteiger partial charge in [-0.3, -0.25) is 4.79 Å². The van der Waals surface area contributed by atoms with Crippen molar-refractivity contribution in [2.45, 2.75) is 26.7 Å². The molecule has 0 bridgehead atoms. The molecule has 0 amide bonds. The predicted octanol–water partition coefficient (Wildman–Crippen LogP) is 2.92. The molecule has 0 aliphatic heterocycles. The third-order valence-corrected chi connectivity index (χ3v) is 3.80. The molecule has 2 heterocycles. The maximum absolute atomic E-state index is 10.7. The number of aldehydes is 1. The molecule has 2 aromatic rings. The summed E-state index contributed by atoms with van der Waals surface area (Å²) in [6, 6.07) is 2.05. The van der Waals surface area contributed by atoms with Crippen molar-refractivity contribution >= 4 is 29.2 Å². The molecule has 0 atom stereocenters. The normalized spacial score (nSPS) is 10.8. The van der Waals surface area contributed by atoms with E-state index >= 15 is 0 Å². The number of hydrogen-bond donors (Lipinski definition) is 0. The minimum atomic E-state index is 0.246. The van der Waals surface area contributed by atoms with Crippen LogP contribution in [-0.4, -0.2) is 21.1 Å². The molecule has 0 saturated carbocycles. The van der Waals surface area contributed by atoms with E-state index in [1.807, 2.05) is 0 Å². The van der Waals surface area contributed by atoms with Gasteiger partial charge in [-0.1, -0.05) is 36.8 Å². The molecular weight excluding hydrogens is 258 g/mol. The van der Waals surface area contributed by atoms with Crippen LogP contribution in [0.5, 0.6) is 0 Å². The molecule has 2 aromatic heterocycles. The van der Waals surface area contributed by atoms with E-state index in [-0.39, 0.29) is 5.15 Å². The topological polar surface area (TPSA) is 47.8 Å². The van der Waals surface area contributed by atoms with Crippen molar-refractivity contribution in [2.24, 2.45) is 0 Å². The van der Waals surface area contributed by atoms with E-state index in [0.717, 1.165) is 30.5 Å². The van der Waals surface area contributed by atoms with Crippen molar-refractivity contribution < 1.29 is 4.79 Å². The molecule has 4 nitrogen and oxygen atoms in total. The van der Waals surface area contributed by atoms with Gasteiger partial charge in [0.1, 0.15) is 4.88 Å². The van der Waals surface area contributed by atoms with Crippen LogP contribution in [0.25, 0.3) is 5.13 Å². The summed E-state index contributed by atoms with van der Waals surface area (Å²) >= 11 is 7.11. The molecule has 17 heavy (non-hydrogen) atoms. The van der Waals surface area contributed by atoms with Gasteiger partial charge in [-0.05, 0) is 18.9 Å². The second-order valence-corrected chi connectivity index (χ2v) is 4.88. The molecule has 0 spiro atoms. The fourth-order valence-electron chi connectivity index (χ4n) is 1.53. The van der Waals surface area contributed by atoms with Gasteiger partial charge < -0.3 is 0 Å². The second kappa shape index (κ2) is 4.98. The summed E-state index contributed by atoms with van der Waals surface area (Å²) in [6.45, 7) is 4.11. The van der Waals surface area contributed by atoms with Crippen molar-refractivity contribution in [2.75, 3.05) is 0 Å². The van der Waals surface area contributed by atoms with E-state index in [1.165, 1.54) is 11.3 Å². The number of rotatable bonds is 4. The lowest BCUT2D eigenvalue weighted by molar-refractivity contribution is 0.112. The first-order valence-electron chi connectivity index (χ1n) is 5.39. The van der Waals surface area contributed by atoms with Crippen LogP contribution in [0.3, 0.4) is 0 Å². The largest absolute Gasteiger partial charge is 0.297 e. The SMILES string of the molecule is CCc1cc(CC)n(-c2nc(Cl)c(C=O)s2)n1. The van der Waals surface area contributed by atoms with Crippen LogP contribution >= 0.6 is 22.9 Å². The van der Waals surface area contributed by atoms with Crippen LogP contribution in [0.1, 0.15) is 34.9 Å². The van der Waals surface area contributed by atoms with E-state index in [1.54, 1.807) is 4.68 Å². The average Bonchev–Trinajstić information content (AvgIpc) is 2.91. The summed E-state index contributed by atoms with van der Waals surface area (Å²) < 4.78 is 1.77. The Morgan fingerprint density at radius 2 is 2.24 bits per heavy atom. The molecule has 0 radical (unpaired) electrons. The van der Waals surface area contributed by atoms with Crippen molar-refractivity contribution in [3.05, 3.63) is 27.5 Å². The van der Waals surface area contributed by atoms with Crippen LogP contribution in [0, 0.1) is 0 Å². The Kier molecular flexibility index (Phi) is 3.59. The van der Waals surface area contributed by atoms with Gasteiger partial charge in [0.2, 0.25) is 5.13 Å². The molecule has 0 fully saturated rings. The number of carbonyl (C=O) groups excluding carboxylic acids is 1. The Labute approximate surface area is 108 Å². The lowest BCUT2D eigenvalue weighted by atomic mass is 10.3. The number of carbonyl (C=O) groups is 1. The predicted molar refractivity (Wildman–Crippen MR) is 68.4 cm³/mol. The lowest BCUT2D eigenvalue weighted by Crippen LogP contribution is -2.00. The quantitative estimate of drug-likeness (QED) is 0.802. The Bertz CT molecular complexity index is 547. The van der Waals surface area contributed by atoms with Gasteiger partial charge in [0, 0.05) is 5.69 Å². The van der Waals surface area contributed by atoms with Crippen LogP contribution < -0.4 is 0 Å². The smallest absolute Gasteiger partial charge is 0.212 e. The number of halogens is 1. The first-order valence-corrected chi connectivity index (χ1v) is 6.58. The van der Waals surface area contributed by atoms with Crippen LogP contribution in [-0.2, 0) is 12.8 Å². The molecule has 0 N–H and O–H groups in total. The van der Waals surface area contributed by atoms with Crippen LogP contribution in [0.4, 0.5) is 0 Å². The monoisotopic (exact) mass is 269 g/mol. The lowest BCUT2D eigenvalue weighted by Gasteiger charge is -1.99. The zero-order chi connectivity index (χ0) is 12.4. The highest BCUT2D eigenvalue weighted by molar-refractivity contribution is 7.16. The average molecular weight is 270 g/mol. The van der Waals surface area contributed by atoms with E-state index in [0.29, 0.717) is 10.0 Å². The van der Waals surface area contributed by atoms with Crippen molar-refractivity contribution in [3.8, 4) is 5.13 Å². The zero-order valence-corrected chi connectivity index (χ0v) is 11.2. The Balaban J connectivity index is 2.50. The summed E-state index contributed by atoms with van der Waals surface area (Å²) in [4.78, 5) is 15.3. The molecule has 0 aromatic carbocycles. The molecule has 0 aliphatic carbocycles. The van der Waals surface area contributed by atoms with E-state index in [2.05, 4.69) is 30.0 Å². The van der Waals surface area contributed by atoms with Gasteiger partial charge in [0.05, 0.1) is 5.69 Å². The highest BCUT2D eigenvalue weighted by Gasteiger charge is 2.14. The molecular formula is C11H12ClN3OS. The summed E-state index contributed by atoms with van der Waals surface area (Å²) in [5, 5.41) is 5.34. The Morgan fingerprint density at radius 3 is 2.76 bits per heavy atom. The van der Waals surface area contributed by atoms with Crippen molar-refractivity contribution in [1.82, 2.24) is 14.8 Å². The summed E-state index contributed by atoms with van der Waals surface area (Å²) in [5.41, 5.74) is 2.09. The van der Waals surface area contributed by atoms with Gasteiger partial charge >= 0.3 is 0 Å². The molecule has 0 unspecified atom stereocenters. The number of aryl methyl sites for hydroxylation is 2. The van der Waals surface area contributed by atoms with E-state index in [9.17, 15) is 4.79 Å². The third kappa shape index (κ3) is 2.25. The minimum Gasteiger partial charge on any atom is -0.297 e. The first-order chi connectivity index (χ1) is 8.19. The number of aromatic nitrogens is 3. The fraction of sp³-hybridized carbons (Fsp3) is 0.364. The molecule has 90 valence electrons. The van der Waals surface area contributed by atoms with E-state index < -0.39 is 0 Å². The molecule has 6 heteroatoms. The van der Waals surface area contributed by atoms with Gasteiger partial charge in [0.15, 0.2) is 11.4 Å². The highest BCUT2D eigenvalue weighted by atomic mass is 35.5. The zero-order valence-electron chi connectivity index (χ0n) is 9.61. The second-order valence-electron chi connectivity index (χ2n) is 3.52. The number of hydrogen-bond acceptors (Lipinski definition) is 4. The standard InChI is InChI=1S/C11H12ClN3OS/c1-3-7-5-8(4-2)15(14-7)11-13-10(12)9(6-16)17-11/h5-6H,3-4H2,1-2H3. The maximum Gasteiger partial charge on any atom is 0.212 e. The minimum absolute atomic E-state index is 0.246. The molecule has 0 aliphatic rings. The van der Waals surface area contributed by atoms with Gasteiger partial charge in [0.25, 0.3) is 0 Å². The fourth-order valence-corrected chi connectivity index (χ4v) is 2.58. The number of nitrogens with zero attached hydrogens (tertiary/aromatic N) is 3. The van der Waals surface area contributed by atoms with Gasteiger partial charge in [-0.2, -0.15) is 5.10 Å². The summed E-state index contributed by atoms with van der Waals surface area (Å²) in [6.07, 6.45) is 2.46. The maximum atomic E-state index is 10.7. The number of thiazole rings is 1. The first kappa shape index (κ1) is 12.3. The third-order valence-electron chi connectivity index (χ3n) is 2.44. The molecule has 0 saturated heterocycles.